The maximum absolute atomic E-state index is 12.0. The molecular formula is C21H20N4O2. The van der Waals surface area contributed by atoms with Crippen LogP contribution in [0.4, 0.5) is 17.2 Å². The van der Waals surface area contributed by atoms with Crippen molar-refractivity contribution in [2.45, 2.75) is 6.92 Å². The van der Waals surface area contributed by atoms with E-state index in [1.165, 1.54) is 6.08 Å². The molecule has 0 bridgehead atoms. The summed E-state index contributed by atoms with van der Waals surface area (Å²) in [6.45, 7) is 1.80. The number of carbonyl (C=O) groups excluding carboxylic acids is 1. The summed E-state index contributed by atoms with van der Waals surface area (Å²) in [5.41, 5.74) is 2.52. The lowest BCUT2D eigenvalue weighted by Crippen LogP contribution is -2.07. The number of nitrogens with one attached hydrogen (secondary N) is 2. The highest BCUT2D eigenvalue weighted by Gasteiger charge is 2.03. The summed E-state index contributed by atoms with van der Waals surface area (Å²) >= 11 is 0. The lowest BCUT2D eigenvalue weighted by atomic mass is 10.2. The molecule has 1 heterocycles. The van der Waals surface area contributed by atoms with Crippen LogP contribution in [0.25, 0.3) is 6.08 Å². The minimum Gasteiger partial charge on any atom is -0.481 e. The van der Waals surface area contributed by atoms with Crippen LogP contribution in [0.3, 0.4) is 0 Å². The van der Waals surface area contributed by atoms with E-state index >= 15 is 0 Å². The van der Waals surface area contributed by atoms with Crippen molar-refractivity contribution in [3.8, 4) is 5.88 Å². The van der Waals surface area contributed by atoms with Gasteiger partial charge in [0.1, 0.15) is 11.6 Å². The summed E-state index contributed by atoms with van der Waals surface area (Å²) in [6.07, 6.45) is 3.29. The molecule has 0 unspecified atom stereocenters. The number of benzene rings is 2. The second-order valence-corrected chi connectivity index (χ2v) is 5.78. The van der Waals surface area contributed by atoms with Crippen LogP contribution in [0.15, 0.2) is 66.7 Å². The molecule has 136 valence electrons. The number of aryl methyl sites for hydroxylation is 1. The number of methoxy groups -OCH3 is 1. The quantitative estimate of drug-likeness (QED) is 0.645. The average molecular weight is 360 g/mol. The van der Waals surface area contributed by atoms with Gasteiger partial charge in [-0.2, -0.15) is 4.98 Å². The highest BCUT2D eigenvalue weighted by atomic mass is 16.5. The Labute approximate surface area is 157 Å². The number of hydrogen-bond donors (Lipinski definition) is 2. The van der Waals surface area contributed by atoms with E-state index in [1.807, 2.05) is 54.6 Å². The number of hydrogen-bond acceptors (Lipinski definition) is 5. The van der Waals surface area contributed by atoms with Gasteiger partial charge in [0.05, 0.1) is 7.11 Å². The van der Waals surface area contributed by atoms with Gasteiger partial charge in [-0.3, -0.25) is 4.79 Å². The molecule has 0 saturated heterocycles. The standard InChI is InChI=1S/C21H20N4O2/c1-15-22-19(14-21(23-15)27-2)24-17-9-11-18(12-10-17)25-20(26)13-8-16-6-4-3-5-7-16/h3-14H,1-2H3,(H,25,26)(H,22,23,24)/b13-8+. The predicted molar refractivity (Wildman–Crippen MR) is 107 cm³/mol. The highest BCUT2D eigenvalue weighted by Crippen LogP contribution is 2.20. The molecule has 6 nitrogen and oxygen atoms in total. The first kappa shape index (κ1) is 18.1. The van der Waals surface area contributed by atoms with Crippen molar-refractivity contribution in [3.05, 3.63) is 78.1 Å². The minimum atomic E-state index is -0.185. The SMILES string of the molecule is COc1cc(Nc2ccc(NC(=O)/C=C/c3ccccc3)cc2)nc(C)n1. The molecule has 3 rings (SSSR count). The number of carbonyl (C=O) groups is 1. The maximum atomic E-state index is 12.0. The fourth-order valence-electron chi connectivity index (χ4n) is 2.41. The second-order valence-electron chi connectivity index (χ2n) is 5.78. The van der Waals surface area contributed by atoms with Crippen molar-refractivity contribution < 1.29 is 9.53 Å². The Balaban J connectivity index is 1.61. The predicted octanol–water partition coefficient (Wildman–Crippen LogP) is 4.19. The summed E-state index contributed by atoms with van der Waals surface area (Å²) in [7, 11) is 1.56. The summed E-state index contributed by atoms with van der Waals surface area (Å²) in [5, 5.41) is 6.02. The zero-order valence-electron chi connectivity index (χ0n) is 15.1. The maximum Gasteiger partial charge on any atom is 0.248 e. The lowest BCUT2D eigenvalue weighted by Gasteiger charge is -2.09. The van der Waals surface area contributed by atoms with Gasteiger partial charge in [0.2, 0.25) is 11.8 Å². The molecule has 27 heavy (non-hydrogen) atoms. The van der Waals surface area contributed by atoms with E-state index in [0.717, 1.165) is 11.3 Å². The number of rotatable bonds is 6. The first-order chi connectivity index (χ1) is 13.1. The highest BCUT2D eigenvalue weighted by molar-refractivity contribution is 6.02. The molecule has 0 aliphatic heterocycles. The zero-order chi connectivity index (χ0) is 19.1. The van der Waals surface area contributed by atoms with Crippen LogP contribution in [0, 0.1) is 6.92 Å². The van der Waals surface area contributed by atoms with E-state index in [1.54, 1.807) is 26.2 Å². The molecule has 0 atom stereocenters. The molecule has 0 aliphatic carbocycles. The van der Waals surface area contributed by atoms with Crippen LogP contribution >= 0.6 is 0 Å². The van der Waals surface area contributed by atoms with Gasteiger partial charge in [0.15, 0.2) is 0 Å². The smallest absolute Gasteiger partial charge is 0.248 e. The molecule has 0 saturated carbocycles. The van der Waals surface area contributed by atoms with Gasteiger partial charge < -0.3 is 15.4 Å². The van der Waals surface area contributed by atoms with Crippen LogP contribution in [-0.2, 0) is 4.79 Å². The van der Waals surface area contributed by atoms with Crippen molar-refractivity contribution in [1.29, 1.82) is 0 Å². The topological polar surface area (TPSA) is 76.1 Å². The van der Waals surface area contributed by atoms with Gasteiger partial charge in [0.25, 0.3) is 0 Å². The summed E-state index contributed by atoms with van der Waals surface area (Å²) in [6, 6.07) is 18.8. The van der Waals surface area contributed by atoms with Crippen LogP contribution in [-0.4, -0.2) is 23.0 Å². The van der Waals surface area contributed by atoms with Gasteiger partial charge in [-0.15, -0.1) is 0 Å². The van der Waals surface area contributed by atoms with Gasteiger partial charge in [0, 0.05) is 23.5 Å². The van der Waals surface area contributed by atoms with E-state index in [9.17, 15) is 4.79 Å². The lowest BCUT2D eigenvalue weighted by molar-refractivity contribution is -0.111. The number of ether oxygens (including phenoxy) is 1. The van der Waals surface area contributed by atoms with Gasteiger partial charge in [-0.25, -0.2) is 4.98 Å². The Morgan fingerprint density at radius 3 is 2.41 bits per heavy atom. The van der Waals surface area contributed by atoms with Crippen LogP contribution in [0.5, 0.6) is 5.88 Å². The monoisotopic (exact) mass is 360 g/mol. The second kappa shape index (κ2) is 8.62. The number of amides is 1. The Bertz CT molecular complexity index is 938. The Morgan fingerprint density at radius 2 is 1.70 bits per heavy atom. The van der Waals surface area contributed by atoms with Gasteiger partial charge >= 0.3 is 0 Å². The van der Waals surface area contributed by atoms with Crippen molar-refractivity contribution in [3.63, 3.8) is 0 Å². The number of aromatic nitrogens is 2. The molecule has 6 heteroatoms. The molecule has 0 fully saturated rings. The summed E-state index contributed by atoms with van der Waals surface area (Å²) in [5.74, 6) is 1.57. The first-order valence-electron chi connectivity index (χ1n) is 8.43. The van der Waals surface area contributed by atoms with Crippen LogP contribution < -0.4 is 15.4 Å². The average Bonchev–Trinajstić information content (AvgIpc) is 2.68. The first-order valence-corrected chi connectivity index (χ1v) is 8.43. The van der Waals surface area contributed by atoms with Gasteiger partial charge in [-0.05, 0) is 42.8 Å². The van der Waals surface area contributed by atoms with E-state index in [2.05, 4.69) is 20.6 Å². The molecular weight excluding hydrogens is 340 g/mol. The third-order valence-corrected chi connectivity index (χ3v) is 3.68. The van der Waals surface area contributed by atoms with Crippen LogP contribution in [0.2, 0.25) is 0 Å². The molecule has 2 N–H and O–H groups in total. The Morgan fingerprint density at radius 1 is 1.00 bits per heavy atom. The minimum absolute atomic E-state index is 0.185. The molecule has 0 aliphatic rings. The molecule has 0 radical (unpaired) electrons. The van der Waals surface area contributed by atoms with Crippen molar-refractivity contribution in [1.82, 2.24) is 9.97 Å². The third-order valence-electron chi connectivity index (χ3n) is 3.68. The fourth-order valence-corrected chi connectivity index (χ4v) is 2.41. The van der Waals surface area contributed by atoms with Crippen molar-refractivity contribution >= 4 is 29.2 Å². The van der Waals surface area contributed by atoms with Crippen molar-refractivity contribution in [2.75, 3.05) is 17.7 Å². The van der Waals surface area contributed by atoms with Gasteiger partial charge in [-0.1, -0.05) is 30.3 Å². The molecule has 1 aromatic heterocycles. The van der Waals surface area contributed by atoms with E-state index in [0.29, 0.717) is 23.2 Å². The molecule has 1 amide bonds. The van der Waals surface area contributed by atoms with E-state index < -0.39 is 0 Å². The number of anilines is 3. The largest absolute Gasteiger partial charge is 0.481 e. The fraction of sp³-hybridized carbons (Fsp3) is 0.0952. The van der Waals surface area contributed by atoms with E-state index in [-0.39, 0.29) is 5.91 Å². The molecule has 0 spiro atoms. The van der Waals surface area contributed by atoms with Crippen LogP contribution in [0.1, 0.15) is 11.4 Å². The molecule has 3 aromatic rings. The van der Waals surface area contributed by atoms with Crippen molar-refractivity contribution in [2.24, 2.45) is 0 Å². The number of nitrogens with zero attached hydrogens (tertiary/aromatic N) is 2. The normalized spacial score (nSPS) is 10.6. The Hall–Kier alpha value is -3.67. The van der Waals surface area contributed by atoms with E-state index in [4.69, 9.17) is 4.74 Å². The molecule has 2 aromatic carbocycles. The third kappa shape index (κ3) is 5.40. The Kier molecular flexibility index (Phi) is 5.79. The zero-order valence-corrected chi connectivity index (χ0v) is 15.1. The summed E-state index contributed by atoms with van der Waals surface area (Å²) < 4.78 is 5.15. The summed E-state index contributed by atoms with van der Waals surface area (Å²) in [4.78, 5) is 20.5.